The van der Waals surface area contributed by atoms with Crippen molar-refractivity contribution in [2.75, 3.05) is 23.4 Å². The number of rotatable bonds is 3. The van der Waals surface area contributed by atoms with Gasteiger partial charge < -0.3 is 15.0 Å². The van der Waals surface area contributed by atoms with E-state index < -0.39 is 9.70 Å². The number of benzene rings is 1. The molecule has 1 aliphatic heterocycles. The SMILES string of the molecule is CCCN1C(=O)COc2cc(NC(=O)C(Cl)(Cl)Cl)ccc21. The van der Waals surface area contributed by atoms with Crippen LogP contribution in [0.2, 0.25) is 0 Å². The first-order chi connectivity index (χ1) is 9.82. The van der Waals surface area contributed by atoms with Gasteiger partial charge >= 0.3 is 0 Å². The molecule has 0 spiro atoms. The molecule has 0 bridgehead atoms. The number of anilines is 2. The van der Waals surface area contributed by atoms with Gasteiger partial charge in [-0.15, -0.1) is 0 Å². The number of carbonyl (C=O) groups is 2. The molecule has 0 atom stereocenters. The zero-order valence-electron chi connectivity index (χ0n) is 11.2. The van der Waals surface area contributed by atoms with Crippen LogP contribution >= 0.6 is 34.8 Å². The molecule has 1 heterocycles. The molecule has 1 N–H and O–H groups in total. The minimum atomic E-state index is -2.04. The average Bonchev–Trinajstić information content (AvgIpc) is 2.41. The topological polar surface area (TPSA) is 58.6 Å². The maximum Gasteiger partial charge on any atom is 0.276 e. The molecule has 0 unspecified atom stereocenters. The largest absolute Gasteiger partial charge is 0.481 e. The van der Waals surface area contributed by atoms with E-state index in [2.05, 4.69) is 5.32 Å². The zero-order chi connectivity index (χ0) is 15.6. The van der Waals surface area contributed by atoms with Crippen LogP contribution < -0.4 is 15.0 Å². The first-order valence-corrected chi connectivity index (χ1v) is 7.41. The Kier molecular flexibility index (Phi) is 4.86. The molecule has 0 radical (unpaired) electrons. The lowest BCUT2D eigenvalue weighted by molar-refractivity contribution is -0.121. The van der Waals surface area contributed by atoms with Crippen molar-refractivity contribution in [2.45, 2.75) is 17.1 Å². The summed E-state index contributed by atoms with van der Waals surface area (Å²) in [7, 11) is 0. The fraction of sp³-hybridized carbons (Fsp3) is 0.385. The number of hydrogen-bond acceptors (Lipinski definition) is 3. The molecular weight excluding hydrogens is 339 g/mol. The number of amides is 2. The third kappa shape index (κ3) is 3.73. The second-order valence-electron chi connectivity index (χ2n) is 4.47. The van der Waals surface area contributed by atoms with E-state index in [9.17, 15) is 9.59 Å². The lowest BCUT2D eigenvalue weighted by Gasteiger charge is -2.29. The van der Waals surface area contributed by atoms with E-state index >= 15 is 0 Å². The van der Waals surface area contributed by atoms with Crippen LogP contribution in [0.15, 0.2) is 18.2 Å². The zero-order valence-corrected chi connectivity index (χ0v) is 13.4. The predicted molar refractivity (Wildman–Crippen MR) is 83.5 cm³/mol. The summed E-state index contributed by atoms with van der Waals surface area (Å²) in [6.07, 6.45) is 0.830. The first-order valence-electron chi connectivity index (χ1n) is 6.28. The molecule has 0 saturated heterocycles. The molecule has 0 saturated carbocycles. The van der Waals surface area contributed by atoms with Gasteiger partial charge in [0, 0.05) is 18.3 Å². The van der Waals surface area contributed by atoms with Crippen LogP contribution in [0.25, 0.3) is 0 Å². The molecule has 2 rings (SSSR count). The predicted octanol–water partition coefficient (Wildman–Crippen LogP) is 3.13. The third-order valence-electron chi connectivity index (χ3n) is 2.87. The molecule has 5 nitrogen and oxygen atoms in total. The molecule has 8 heteroatoms. The lowest BCUT2D eigenvalue weighted by Crippen LogP contribution is -2.39. The van der Waals surface area contributed by atoms with E-state index in [-0.39, 0.29) is 12.5 Å². The van der Waals surface area contributed by atoms with Crippen LogP contribution in [0.3, 0.4) is 0 Å². The summed E-state index contributed by atoms with van der Waals surface area (Å²) in [5.74, 6) is -0.350. The standard InChI is InChI=1S/C13H13Cl3N2O3/c1-2-5-18-9-4-3-8(17-12(20)13(14,15)16)6-10(9)21-7-11(18)19/h3-4,6H,2,5,7H2,1H3,(H,17,20). The molecule has 2 amide bonds. The van der Waals surface area contributed by atoms with Crippen molar-refractivity contribution in [3.05, 3.63) is 18.2 Å². The highest BCUT2D eigenvalue weighted by Gasteiger charge is 2.31. The van der Waals surface area contributed by atoms with Gasteiger partial charge in [-0.05, 0) is 18.6 Å². The van der Waals surface area contributed by atoms with E-state index in [0.717, 1.165) is 6.42 Å². The highest BCUT2D eigenvalue weighted by Crippen LogP contribution is 2.35. The molecular formula is C13H13Cl3N2O3. The molecule has 114 valence electrons. The van der Waals surface area contributed by atoms with Crippen molar-refractivity contribution in [2.24, 2.45) is 0 Å². The minimum absolute atomic E-state index is 0.0329. The highest BCUT2D eigenvalue weighted by molar-refractivity contribution is 6.76. The van der Waals surface area contributed by atoms with Gasteiger partial charge in [-0.1, -0.05) is 41.7 Å². The van der Waals surface area contributed by atoms with Gasteiger partial charge in [0.05, 0.1) is 5.69 Å². The van der Waals surface area contributed by atoms with Crippen LogP contribution in [0, 0.1) is 0 Å². The fourth-order valence-electron chi connectivity index (χ4n) is 1.95. The molecule has 0 aliphatic carbocycles. The van der Waals surface area contributed by atoms with E-state index in [1.807, 2.05) is 6.92 Å². The number of halogens is 3. The third-order valence-corrected chi connectivity index (χ3v) is 3.38. The maximum absolute atomic E-state index is 11.8. The van der Waals surface area contributed by atoms with E-state index in [4.69, 9.17) is 39.5 Å². The van der Waals surface area contributed by atoms with Crippen molar-refractivity contribution in [3.63, 3.8) is 0 Å². The Labute approximate surface area is 137 Å². The Balaban J connectivity index is 2.24. The van der Waals surface area contributed by atoms with Crippen molar-refractivity contribution in [1.29, 1.82) is 0 Å². The molecule has 0 aromatic heterocycles. The average molecular weight is 352 g/mol. The van der Waals surface area contributed by atoms with Gasteiger partial charge in [0.1, 0.15) is 5.75 Å². The summed E-state index contributed by atoms with van der Waals surface area (Å²) in [4.78, 5) is 25.1. The summed E-state index contributed by atoms with van der Waals surface area (Å²) < 4.78 is 3.34. The molecule has 1 aliphatic rings. The number of alkyl halides is 3. The lowest BCUT2D eigenvalue weighted by atomic mass is 10.2. The van der Waals surface area contributed by atoms with Crippen molar-refractivity contribution in [1.82, 2.24) is 0 Å². The van der Waals surface area contributed by atoms with Gasteiger partial charge in [-0.2, -0.15) is 0 Å². The highest BCUT2D eigenvalue weighted by atomic mass is 35.6. The van der Waals surface area contributed by atoms with Crippen LogP contribution in [0.4, 0.5) is 11.4 Å². The van der Waals surface area contributed by atoms with E-state index in [1.54, 1.807) is 23.1 Å². The normalized spacial score (nSPS) is 14.5. The van der Waals surface area contributed by atoms with Crippen LogP contribution in [-0.4, -0.2) is 28.8 Å². The number of carbonyl (C=O) groups excluding carboxylic acids is 2. The molecule has 0 fully saturated rings. The molecule has 21 heavy (non-hydrogen) atoms. The van der Waals surface area contributed by atoms with Gasteiger partial charge in [0.2, 0.25) is 0 Å². The summed E-state index contributed by atoms with van der Waals surface area (Å²) in [6, 6.07) is 4.91. The number of fused-ring (bicyclic) bond motifs is 1. The Morgan fingerprint density at radius 1 is 1.43 bits per heavy atom. The monoisotopic (exact) mass is 350 g/mol. The van der Waals surface area contributed by atoms with Crippen LogP contribution in [-0.2, 0) is 9.59 Å². The molecule has 1 aromatic carbocycles. The number of nitrogens with one attached hydrogen (secondary N) is 1. The van der Waals surface area contributed by atoms with Gasteiger partial charge in [-0.3, -0.25) is 9.59 Å². The van der Waals surface area contributed by atoms with Crippen molar-refractivity contribution in [3.8, 4) is 5.75 Å². The van der Waals surface area contributed by atoms with E-state index in [1.165, 1.54) is 0 Å². The van der Waals surface area contributed by atoms with E-state index in [0.29, 0.717) is 23.7 Å². The summed E-state index contributed by atoms with van der Waals surface area (Å²) in [6.45, 7) is 2.56. The van der Waals surface area contributed by atoms with Gasteiger partial charge in [0.15, 0.2) is 6.61 Å². The minimum Gasteiger partial charge on any atom is -0.481 e. The van der Waals surface area contributed by atoms with Crippen LogP contribution in [0.5, 0.6) is 5.75 Å². The van der Waals surface area contributed by atoms with Crippen molar-refractivity contribution < 1.29 is 14.3 Å². The number of hydrogen-bond donors (Lipinski definition) is 1. The first kappa shape index (κ1) is 16.2. The number of nitrogens with zero attached hydrogens (tertiary/aromatic N) is 1. The summed E-state index contributed by atoms with van der Waals surface area (Å²) in [5, 5.41) is 2.47. The summed E-state index contributed by atoms with van der Waals surface area (Å²) in [5.41, 5.74) is 1.09. The Morgan fingerprint density at radius 3 is 2.76 bits per heavy atom. The number of ether oxygens (including phenoxy) is 1. The Morgan fingerprint density at radius 2 is 2.14 bits per heavy atom. The second-order valence-corrected chi connectivity index (χ2v) is 6.75. The Bertz CT molecular complexity index is 572. The maximum atomic E-state index is 11.8. The fourth-order valence-corrected chi connectivity index (χ4v) is 2.09. The Hall–Kier alpha value is -1.17. The summed E-state index contributed by atoms with van der Waals surface area (Å²) >= 11 is 16.5. The molecule has 1 aromatic rings. The van der Waals surface area contributed by atoms with Crippen LogP contribution in [0.1, 0.15) is 13.3 Å². The van der Waals surface area contributed by atoms with Gasteiger partial charge in [-0.25, -0.2) is 0 Å². The smallest absolute Gasteiger partial charge is 0.276 e. The van der Waals surface area contributed by atoms with Gasteiger partial charge in [0.25, 0.3) is 15.6 Å². The quantitative estimate of drug-likeness (QED) is 0.851. The van der Waals surface area contributed by atoms with Crippen molar-refractivity contribution >= 4 is 58.0 Å². The second kappa shape index (κ2) is 6.30.